The summed E-state index contributed by atoms with van der Waals surface area (Å²) in [6.07, 6.45) is 0.509. The summed E-state index contributed by atoms with van der Waals surface area (Å²) >= 11 is 3.24. The molecular weight excluding hydrogens is 303 g/mol. The highest BCUT2D eigenvalue weighted by Crippen LogP contribution is 2.25. The lowest BCUT2D eigenvalue weighted by atomic mass is 9.88. The van der Waals surface area contributed by atoms with Crippen LogP contribution in [0.25, 0.3) is 0 Å². The Kier molecular flexibility index (Phi) is 4.95. The van der Waals surface area contributed by atoms with Crippen LogP contribution in [0.5, 0.6) is 5.75 Å². The van der Waals surface area contributed by atoms with Gasteiger partial charge in [0.2, 0.25) is 0 Å². The van der Waals surface area contributed by atoms with E-state index in [0.29, 0.717) is 6.42 Å². The van der Waals surface area contributed by atoms with Crippen LogP contribution in [0.2, 0.25) is 0 Å². The van der Waals surface area contributed by atoms with Gasteiger partial charge in [-0.2, -0.15) is 0 Å². The molecule has 1 aromatic carbocycles. The predicted octanol–water partition coefficient (Wildman–Crippen LogP) is 3.13. The molecule has 0 amide bonds. The smallest absolute Gasteiger partial charge is 0.165 e. The number of benzene rings is 1. The molecule has 100 valence electrons. The second-order valence-electron chi connectivity index (χ2n) is 4.54. The number of oxime groups is 1. The summed E-state index contributed by atoms with van der Waals surface area (Å²) < 4.78 is 19.5. The van der Waals surface area contributed by atoms with Gasteiger partial charge in [0.25, 0.3) is 0 Å². The molecule has 0 bridgehead atoms. The minimum atomic E-state index is -0.503. The second kappa shape index (κ2) is 6.04. The molecule has 0 aliphatic carbocycles. The van der Waals surface area contributed by atoms with E-state index in [1.165, 1.54) is 6.07 Å². The van der Waals surface area contributed by atoms with Gasteiger partial charge in [-0.25, -0.2) is 4.39 Å². The molecule has 3 N–H and O–H groups in total. The minimum Gasteiger partial charge on any atom is -0.490 e. The molecule has 0 spiro atoms. The molecule has 0 radical (unpaired) electrons. The highest BCUT2D eigenvalue weighted by atomic mass is 79.9. The molecular formula is C12H16BrFN2O2. The number of hydrogen-bond acceptors (Lipinski definition) is 3. The van der Waals surface area contributed by atoms with Crippen molar-refractivity contribution in [2.24, 2.45) is 16.3 Å². The lowest BCUT2D eigenvalue weighted by molar-refractivity contribution is 0.251. The number of nitrogens with zero attached hydrogens (tertiary/aromatic N) is 1. The summed E-state index contributed by atoms with van der Waals surface area (Å²) in [7, 11) is 0. The van der Waals surface area contributed by atoms with Crippen LogP contribution in [-0.2, 0) is 0 Å². The Morgan fingerprint density at radius 3 is 2.83 bits per heavy atom. The molecule has 0 unspecified atom stereocenters. The average Bonchev–Trinajstić information content (AvgIpc) is 2.32. The third-order valence-corrected chi connectivity index (χ3v) is 3.17. The van der Waals surface area contributed by atoms with Crippen molar-refractivity contribution in [3.8, 4) is 5.75 Å². The Morgan fingerprint density at radius 1 is 1.56 bits per heavy atom. The SMILES string of the molecule is CC(C)(CCOc1cc(Br)ccc1F)/C(N)=N/O. The summed E-state index contributed by atoms with van der Waals surface area (Å²) in [6.45, 7) is 3.92. The molecule has 0 saturated carbocycles. The minimum absolute atomic E-state index is 0.126. The van der Waals surface area contributed by atoms with E-state index in [9.17, 15) is 4.39 Å². The van der Waals surface area contributed by atoms with E-state index < -0.39 is 11.2 Å². The van der Waals surface area contributed by atoms with Crippen molar-refractivity contribution < 1.29 is 14.3 Å². The number of ether oxygens (including phenoxy) is 1. The van der Waals surface area contributed by atoms with Crippen molar-refractivity contribution in [2.45, 2.75) is 20.3 Å². The van der Waals surface area contributed by atoms with E-state index in [1.807, 2.05) is 13.8 Å². The molecule has 0 saturated heterocycles. The van der Waals surface area contributed by atoms with Crippen LogP contribution in [0.15, 0.2) is 27.8 Å². The van der Waals surface area contributed by atoms with Gasteiger partial charge >= 0.3 is 0 Å². The highest BCUT2D eigenvalue weighted by Gasteiger charge is 2.23. The van der Waals surface area contributed by atoms with E-state index >= 15 is 0 Å². The van der Waals surface area contributed by atoms with Gasteiger partial charge in [0.05, 0.1) is 6.61 Å². The number of amidine groups is 1. The summed E-state index contributed by atoms with van der Waals surface area (Å²) in [4.78, 5) is 0. The van der Waals surface area contributed by atoms with Crippen molar-refractivity contribution in [3.05, 3.63) is 28.5 Å². The van der Waals surface area contributed by atoms with Gasteiger partial charge in [-0.1, -0.05) is 34.9 Å². The molecule has 4 nitrogen and oxygen atoms in total. The molecule has 0 aliphatic heterocycles. The molecule has 0 heterocycles. The summed E-state index contributed by atoms with van der Waals surface area (Å²) in [5, 5.41) is 11.6. The Hall–Kier alpha value is -1.30. The first-order chi connectivity index (χ1) is 8.36. The monoisotopic (exact) mass is 318 g/mol. The quantitative estimate of drug-likeness (QED) is 0.379. The van der Waals surface area contributed by atoms with Crippen molar-refractivity contribution in [1.29, 1.82) is 0 Å². The van der Waals surface area contributed by atoms with Gasteiger partial charge in [-0.3, -0.25) is 0 Å². The van der Waals surface area contributed by atoms with Gasteiger partial charge < -0.3 is 15.7 Å². The lowest BCUT2D eigenvalue weighted by Crippen LogP contribution is -2.33. The van der Waals surface area contributed by atoms with Crippen molar-refractivity contribution >= 4 is 21.8 Å². The maximum Gasteiger partial charge on any atom is 0.165 e. The zero-order valence-electron chi connectivity index (χ0n) is 10.3. The normalized spacial score (nSPS) is 12.6. The Balaban J connectivity index is 2.59. The first-order valence-electron chi connectivity index (χ1n) is 5.42. The topological polar surface area (TPSA) is 67.8 Å². The van der Waals surface area contributed by atoms with E-state index in [-0.39, 0.29) is 18.2 Å². The van der Waals surface area contributed by atoms with Gasteiger partial charge in [0.15, 0.2) is 11.6 Å². The van der Waals surface area contributed by atoms with Crippen molar-refractivity contribution in [3.63, 3.8) is 0 Å². The van der Waals surface area contributed by atoms with E-state index in [1.54, 1.807) is 12.1 Å². The van der Waals surface area contributed by atoms with Gasteiger partial charge in [-0.05, 0) is 24.6 Å². The van der Waals surface area contributed by atoms with Crippen LogP contribution in [0.4, 0.5) is 4.39 Å². The second-order valence-corrected chi connectivity index (χ2v) is 5.46. The maximum absolute atomic E-state index is 13.4. The lowest BCUT2D eigenvalue weighted by Gasteiger charge is -2.22. The fraction of sp³-hybridized carbons (Fsp3) is 0.417. The van der Waals surface area contributed by atoms with Gasteiger partial charge in [-0.15, -0.1) is 0 Å². The number of nitrogens with two attached hydrogens (primary N) is 1. The number of hydrogen-bond donors (Lipinski definition) is 2. The zero-order valence-corrected chi connectivity index (χ0v) is 11.9. The third kappa shape index (κ3) is 3.87. The fourth-order valence-electron chi connectivity index (χ4n) is 1.27. The zero-order chi connectivity index (χ0) is 13.8. The van der Waals surface area contributed by atoms with Gasteiger partial charge in [0.1, 0.15) is 5.84 Å². The molecule has 18 heavy (non-hydrogen) atoms. The molecule has 0 aromatic heterocycles. The van der Waals surface area contributed by atoms with Crippen LogP contribution in [-0.4, -0.2) is 17.6 Å². The van der Waals surface area contributed by atoms with E-state index in [2.05, 4.69) is 21.1 Å². The largest absolute Gasteiger partial charge is 0.490 e. The van der Waals surface area contributed by atoms with Crippen LogP contribution < -0.4 is 10.5 Å². The van der Waals surface area contributed by atoms with Crippen LogP contribution in [0.3, 0.4) is 0 Å². The van der Waals surface area contributed by atoms with Crippen molar-refractivity contribution in [2.75, 3.05) is 6.61 Å². The first kappa shape index (κ1) is 14.8. The summed E-state index contributed by atoms with van der Waals surface area (Å²) in [5.74, 6) is -0.111. The van der Waals surface area contributed by atoms with Gasteiger partial charge in [0, 0.05) is 9.89 Å². The Labute approximate surface area is 114 Å². The Morgan fingerprint density at radius 2 is 2.22 bits per heavy atom. The molecule has 0 atom stereocenters. The summed E-state index contributed by atoms with van der Waals surface area (Å²) in [5.41, 5.74) is 5.04. The first-order valence-corrected chi connectivity index (χ1v) is 6.22. The molecule has 0 aliphatic rings. The number of rotatable bonds is 5. The fourth-order valence-corrected chi connectivity index (χ4v) is 1.61. The standard InChI is InChI=1S/C12H16BrFN2O2/c1-12(2,11(15)16-17)5-6-18-10-7-8(13)3-4-9(10)14/h3-4,7,17H,5-6H2,1-2H3,(H2,15,16). The molecule has 0 fully saturated rings. The summed E-state index contributed by atoms with van der Waals surface area (Å²) in [6, 6.07) is 4.49. The average molecular weight is 319 g/mol. The highest BCUT2D eigenvalue weighted by molar-refractivity contribution is 9.10. The molecule has 1 aromatic rings. The third-order valence-electron chi connectivity index (χ3n) is 2.68. The Bertz CT molecular complexity index is 450. The number of halogens is 2. The van der Waals surface area contributed by atoms with Crippen LogP contribution in [0.1, 0.15) is 20.3 Å². The predicted molar refractivity (Wildman–Crippen MR) is 71.4 cm³/mol. The van der Waals surface area contributed by atoms with E-state index in [0.717, 1.165) is 4.47 Å². The maximum atomic E-state index is 13.4. The molecule has 6 heteroatoms. The van der Waals surface area contributed by atoms with E-state index in [4.69, 9.17) is 15.7 Å². The van der Waals surface area contributed by atoms with Crippen LogP contribution >= 0.6 is 15.9 Å². The van der Waals surface area contributed by atoms with Crippen molar-refractivity contribution in [1.82, 2.24) is 0 Å². The van der Waals surface area contributed by atoms with Crippen LogP contribution in [0, 0.1) is 11.2 Å². The molecule has 1 rings (SSSR count).